The first-order valence-corrected chi connectivity index (χ1v) is 9.64. The molecule has 0 saturated carbocycles. The number of halogens is 1. The molecule has 1 fully saturated rings. The van der Waals surface area contributed by atoms with Crippen LogP contribution in [0, 0.1) is 0 Å². The lowest BCUT2D eigenvalue weighted by Crippen LogP contribution is -2.25. The van der Waals surface area contributed by atoms with E-state index in [4.69, 9.17) is 21.3 Å². The zero-order chi connectivity index (χ0) is 18.8. The average Bonchev–Trinajstić information content (AvgIpc) is 3.23. The largest absolute Gasteiger partial charge is 0.380 e. The van der Waals surface area contributed by atoms with Crippen molar-refractivity contribution in [1.29, 1.82) is 0 Å². The van der Waals surface area contributed by atoms with Crippen LogP contribution < -0.4 is 4.90 Å². The second-order valence-corrected chi connectivity index (χ2v) is 7.07. The number of ether oxygens (including phenoxy) is 1. The van der Waals surface area contributed by atoms with E-state index in [0.29, 0.717) is 31.2 Å². The van der Waals surface area contributed by atoms with E-state index in [1.165, 1.54) is 0 Å². The number of imidazole rings is 1. The van der Waals surface area contributed by atoms with Crippen LogP contribution >= 0.6 is 11.6 Å². The molecule has 1 aliphatic heterocycles. The second-order valence-electron chi connectivity index (χ2n) is 6.66. The summed E-state index contributed by atoms with van der Waals surface area (Å²) in [5.74, 6) is 1.05. The maximum atomic E-state index is 12.7. The number of anilines is 1. The molecule has 1 amide bonds. The summed E-state index contributed by atoms with van der Waals surface area (Å²) in [6.45, 7) is 4.61. The zero-order valence-electron chi connectivity index (χ0n) is 15.3. The Hall–Kier alpha value is -2.37. The van der Waals surface area contributed by atoms with Crippen LogP contribution in [0.4, 0.5) is 5.69 Å². The number of hydrogen-bond donors (Lipinski definition) is 0. The van der Waals surface area contributed by atoms with E-state index in [-0.39, 0.29) is 11.8 Å². The van der Waals surface area contributed by atoms with E-state index in [9.17, 15) is 4.79 Å². The fourth-order valence-corrected chi connectivity index (χ4v) is 3.96. The number of amides is 1. The summed E-state index contributed by atoms with van der Waals surface area (Å²) >= 11 is 6.31. The van der Waals surface area contributed by atoms with Gasteiger partial charge in [0.25, 0.3) is 0 Å². The molecular formula is C21H22ClN3O2. The quantitative estimate of drug-likeness (QED) is 0.598. The summed E-state index contributed by atoms with van der Waals surface area (Å²) < 4.78 is 7.75. The molecule has 5 nitrogen and oxygen atoms in total. The van der Waals surface area contributed by atoms with Gasteiger partial charge >= 0.3 is 0 Å². The monoisotopic (exact) mass is 383 g/mol. The van der Waals surface area contributed by atoms with Gasteiger partial charge in [-0.25, -0.2) is 4.98 Å². The van der Waals surface area contributed by atoms with E-state index < -0.39 is 0 Å². The third-order valence-corrected chi connectivity index (χ3v) is 5.30. The molecule has 0 radical (unpaired) electrons. The van der Waals surface area contributed by atoms with E-state index in [1.807, 2.05) is 49.4 Å². The van der Waals surface area contributed by atoms with Crippen LogP contribution in [0.1, 0.15) is 25.1 Å². The van der Waals surface area contributed by atoms with Gasteiger partial charge in [0.15, 0.2) is 0 Å². The van der Waals surface area contributed by atoms with E-state index >= 15 is 0 Å². The Morgan fingerprint density at radius 2 is 1.96 bits per heavy atom. The topological polar surface area (TPSA) is 47.4 Å². The number of fused-ring (bicyclic) bond motifs is 1. The molecule has 4 rings (SSSR count). The van der Waals surface area contributed by atoms with E-state index in [1.54, 1.807) is 4.90 Å². The lowest BCUT2D eigenvalue weighted by atomic mass is 10.1. The maximum Gasteiger partial charge on any atom is 0.227 e. The van der Waals surface area contributed by atoms with Crippen molar-refractivity contribution in [3.05, 3.63) is 59.4 Å². The number of hydrogen-bond acceptors (Lipinski definition) is 3. The highest BCUT2D eigenvalue weighted by atomic mass is 35.5. The van der Waals surface area contributed by atoms with E-state index in [0.717, 1.165) is 29.1 Å². The molecule has 1 unspecified atom stereocenters. The summed E-state index contributed by atoms with van der Waals surface area (Å²) in [6.07, 6.45) is 0.434. The van der Waals surface area contributed by atoms with Crippen LogP contribution in [0.3, 0.4) is 0 Å². The minimum atomic E-state index is 0.0304. The molecule has 2 aromatic carbocycles. The molecular weight excluding hydrogens is 362 g/mol. The molecule has 3 aromatic rings. The SMILES string of the molecule is CCOCCn1c(C2CC(=O)N(c3ccccc3Cl)C2)nc2ccccc21. The third-order valence-electron chi connectivity index (χ3n) is 4.98. The zero-order valence-corrected chi connectivity index (χ0v) is 16.0. The van der Waals surface area contributed by atoms with Crippen molar-refractivity contribution < 1.29 is 9.53 Å². The lowest BCUT2D eigenvalue weighted by Gasteiger charge is -2.18. The number of benzene rings is 2. The average molecular weight is 384 g/mol. The molecule has 6 heteroatoms. The van der Waals surface area contributed by atoms with Gasteiger partial charge in [0.05, 0.1) is 28.4 Å². The highest BCUT2D eigenvalue weighted by Crippen LogP contribution is 2.35. The van der Waals surface area contributed by atoms with Gasteiger partial charge in [0.1, 0.15) is 5.82 Å². The van der Waals surface area contributed by atoms with Gasteiger partial charge in [-0.1, -0.05) is 35.9 Å². The molecule has 27 heavy (non-hydrogen) atoms. The number of carbonyl (C=O) groups is 1. The molecule has 140 valence electrons. The molecule has 0 N–H and O–H groups in total. The Balaban J connectivity index is 1.67. The fraction of sp³-hybridized carbons (Fsp3) is 0.333. The van der Waals surface area contributed by atoms with Crippen LogP contribution in [0.2, 0.25) is 5.02 Å². The molecule has 1 aromatic heterocycles. The lowest BCUT2D eigenvalue weighted by molar-refractivity contribution is -0.117. The number of aromatic nitrogens is 2. The molecule has 0 spiro atoms. The summed E-state index contributed by atoms with van der Waals surface area (Å²) in [5.41, 5.74) is 2.80. The predicted molar refractivity (Wildman–Crippen MR) is 107 cm³/mol. The Bertz CT molecular complexity index is 969. The molecule has 0 bridgehead atoms. The van der Waals surface area contributed by atoms with Gasteiger partial charge in [0.2, 0.25) is 5.91 Å². The Kier molecular flexibility index (Phi) is 5.14. The van der Waals surface area contributed by atoms with Gasteiger partial charge in [-0.3, -0.25) is 4.79 Å². The van der Waals surface area contributed by atoms with Crippen molar-refractivity contribution in [2.75, 3.05) is 24.7 Å². The number of carbonyl (C=O) groups excluding carboxylic acids is 1. The third kappa shape index (κ3) is 3.45. The van der Waals surface area contributed by atoms with Crippen molar-refractivity contribution >= 4 is 34.2 Å². The van der Waals surface area contributed by atoms with Gasteiger partial charge < -0.3 is 14.2 Å². The molecule has 0 aliphatic carbocycles. The van der Waals surface area contributed by atoms with Gasteiger partial charge in [0, 0.05) is 32.0 Å². The minimum Gasteiger partial charge on any atom is -0.380 e. The minimum absolute atomic E-state index is 0.0304. The predicted octanol–water partition coefficient (Wildman–Crippen LogP) is 4.25. The molecule has 1 aliphatic rings. The maximum absolute atomic E-state index is 12.7. The van der Waals surface area contributed by atoms with Crippen molar-refractivity contribution in [3.63, 3.8) is 0 Å². The van der Waals surface area contributed by atoms with Gasteiger partial charge in [-0.2, -0.15) is 0 Å². The van der Waals surface area contributed by atoms with E-state index in [2.05, 4.69) is 10.6 Å². The molecule has 1 atom stereocenters. The van der Waals surface area contributed by atoms with Crippen LogP contribution in [-0.4, -0.2) is 35.2 Å². The van der Waals surface area contributed by atoms with Crippen LogP contribution in [0.5, 0.6) is 0 Å². The van der Waals surface area contributed by atoms with Crippen molar-refractivity contribution in [3.8, 4) is 0 Å². The Morgan fingerprint density at radius 3 is 2.78 bits per heavy atom. The normalized spacial score (nSPS) is 17.2. The fourth-order valence-electron chi connectivity index (χ4n) is 3.72. The first-order valence-electron chi connectivity index (χ1n) is 9.27. The Morgan fingerprint density at radius 1 is 1.19 bits per heavy atom. The van der Waals surface area contributed by atoms with Crippen LogP contribution in [0.15, 0.2) is 48.5 Å². The summed E-state index contributed by atoms with van der Waals surface area (Å²) in [5, 5.41) is 0.594. The number of rotatable bonds is 6. The smallest absolute Gasteiger partial charge is 0.227 e. The Labute approximate surface area is 163 Å². The van der Waals surface area contributed by atoms with Crippen molar-refractivity contribution in [2.24, 2.45) is 0 Å². The number of nitrogens with zero attached hydrogens (tertiary/aromatic N) is 3. The van der Waals surface area contributed by atoms with Gasteiger partial charge in [-0.05, 0) is 31.2 Å². The van der Waals surface area contributed by atoms with Crippen molar-refractivity contribution in [1.82, 2.24) is 9.55 Å². The molecule has 2 heterocycles. The summed E-state index contributed by atoms with van der Waals surface area (Å²) in [7, 11) is 0. The van der Waals surface area contributed by atoms with Crippen LogP contribution in [0.25, 0.3) is 11.0 Å². The van der Waals surface area contributed by atoms with Gasteiger partial charge in [-0.15, -0.1) is 0 Å². The highest BCUT2D eigenvalue weighted by Gasteiger charge is 2.35. The van der Waals surface area contributed by atoms with Crippen LogP contribution in [-0.2, 0) is 16.1 Å². The first-order chi connectivity index (χ1) is 13.2. The highest BCUT2D eigenvalue weighted by molar-refractivity contribution is 6.33. The summed E-state index contributed by atoms with van der Waals surface area (Å²) in [6, 6.07) is 15.6. The van der Waals surface area contributed by atoms with Crippen molar-refractivity contribution in [2.45, 2.75) is 25.8 Å². The first kappa shape index (κ1) is 18.0. The second kappa shape index (κ2) is 7.71. The number of para-hydroxylation sites is 3. The summed E-state index contributed by atoms with van der Waals surface area (Å²) in [4.78, 5) is 19.3. The molecule has 1 saturated heterocycles. The standard InChI is InChI=1S/C21H22ClN3O2/c1-2-27-12-11-24-19-10-6-4-8-17(19)23-21(24)15-13-20(26)25(14-15)18-9-5-3-7-16(18)22/h3-10,15H,2,11-14H2,1H3.